The van der Waals surface area contributed by atoms with E-state index < -0.39 is 29.1 Å². The van der Waals surface area contributed by atoms with Crippen LogP contribution in [0.2, 0.25) is 0 Å². The summed E-state index contributed by atoms with van der Waals surface area (Å²) in [5.41, 5.74) is 3.91. The fourth-order valence-electron chi connectivity index (χ4n) is 9.87. The summed E-state index contributed by atoms with van der Waals surface area (Å²) in [5, 5.41) is 23.9. The number of para-hydroxylation sites is 1. The van der Waals surface area contributed by atoms with Crippen LogP contribution in [0.15, 0.2) is 109 Å². The molecule has 9 rings (SSSR count). The fraction of sp³-hybridized carbons (Fsp3) is 0.311. The molecule has 1 spiro atoms. The van der Waals surface area contributed by atoms with E-state index in [0.717, 1.165) is 33.2 Å². The molecule has 274 valence electrons. The Morgan fingerprint density at radius 1 is 0.889 bits per heavy atom. The molecule has 0 radical (unpaired) electrons. The Morgan fingerprint density at radius 3 is 2.37 bits per heavy atom. The number of aliphatic hydroxyl groups is 2. The number of rotatable bonds is 7. The number of nitrogens with zero attached hydrogens (tertiary/aromatic N) is 3. The van der Waals surface area contributed by atoms with Gasteiger partial charge in [0, 0.05) is 35.0 Å². The van der Waals surface area contributed by atoms with Crippen LogP contribution in [0, 0.1) is 11.8 Å². The van der Waals surface area contributed by atoms with E-state index in [-0.39, 0.29) is 43.3 Å². The second-order valence-corrected chi connectivity index (χ2v) is 15.8. The third kappa shape index (κ3) is 5.13. The van der Waals surface area contributed by atoms with Crippen LogP contribution >= 0.6 is 0 Å². The Morgan fingerprint density at radius 2 is 1.59 bits per heavy atom. The third-order valence-electron chi connectivity index (χ3n) is 12.2. The van der Waals surface area contributed by atoms with Crippen LogP contribution in [-0.4, -0.2) is 57.2 Å². The van der Waals surface area contributed by atoms with Crippen LogP contribution in [0.3, 0.4) is 0 Å². The smallest absolute Gasteiger partial charge is 0.264 e. The monoisotopic (exact) mass is 721 g/mol. The van der Waals surface area contributed by atoms with E-state index in [1.54, 1.807) is 28.5 Å². The van der Waals surface area contributed by atoms with Crippen LogP contribution in [0.1, 0.15) is 59.8 Å². The molecule has 0 unspecified atom stereocenters. The summed E-state index contributed by atoms with van der Waals surface area (Å²) < 4.78 is 6.94. The summed E-state index contributed by atoms with van der Waals surface area (Å²) in [5.74, 6) is -1.57. The lowest BCUT2D eigenvalue weighted by Gasteiger charge is -2.38. The Kier molecular flexibility index (Phi) is 8.04. The van der Waals surface area contributed by atoms with Gasteiger partial charge in [-0.3, -0.25) is 19.3 Å². The van der Waals surface area contributed by atoms with Crippen molar-refractivity contribution in [1.82, 2.24) is 4.90 Å². The van der Waals surface area contributed by atoms with Gasteiger partial charge in [-0.2, -0.15) is 0 Å². The van der Waals surface area contributed by atoms with Crippen molar-refractivity contribution in [2.45, 2.75) is 70.1 Å². The van der Waals surface area contributed by atoms with Gasteiger partial charge in [-0.25, -0.2) is 0 Å². The van der Waals surface area contributed by atoms with E-state index in [2.05, 4.69) is 0 Å². The van der Waals surface area contributed by atoms with E-state index in [1.807, 2.05) is 116 Å². The minimum Gasteiger partial charge on any atom is -0.394 e. The zero-order valence-corrected chi connectivity index (χ0v) is 30.6. The maximum Gasteiger partial charge on any atom is 0.264 e. The van der Waals surface area contributed by atoms with Gasteiger partial charge in [0.25, 0.3) is 11.8 Å². The van der Waals surface area contributed by atoms with E-state index in [0.29, 0.717) is 35.5 Å². The van der Waals surface area contributed by atoms with Crippen LogP contribution in [0.4, 0.5) is 17.1 Å². The van der Waals surface area contributed by atoms with Crippen molar-refractivity contribution in [3.05, 3.63) is 137 Å². The van der Waals surface area contributed by atoms with Crippen molar-refractivity contribution in [2.24, 2.45) is 11.8 Å². The molecule has 4 aliphatic rings. The third-order valence-corrected chi connectivity index (χ3v) is 12.2. The molecule has 0 bridgehead atoms. The van der Waals surface area contributed by atoms with E-state index in [4.69, 9.17) is 4.74 Å². The number of carbonyl (C=O) groups excluding carboxylic acids is 3. The first-order valence-corrected chi connectivity index (χ1v) is 18.7. The molecule has 0 aromatic heterocycles. The van der Waals surface area contributed by atoms with E-state index in [1.165, 1.54) is 0 Å². The molecule has 5 atom stereocenters. The molecule has 54 heavy (non-hydrogen) atoms. The molecule has 1 fully saturated rings. The van der Waals surface area contributed by atoms with Gasteiger partial charge in [0.1, 0.15) is 0 Å². The van der Waals surface area contributed by atoms with Gasteiger partial charge < -0.3 is 24.7 Å². The Bertz CT molecular complexity index is 2340. The Hall–Kier alpha value is -5.35. The highest BCUT2D eigenvalue weighted by molar-refractivity contribution is 6.27. The molecular weight excluding hydrogens is 679 g/mol. The highest BCUT2D eigenvalue weighted by Crippen LogP contribution is 2.58. The van der Waals surface area contributed by atoms with Gasteiger partial charge in [-0.05, 0) is 72.7 Å². The summed E-state index contributed by atoms with van der Waals surface area (Å²) in [4.78, 5) is 48.2. The largest absolute Gasteiger partial charge is 0.394 e. The van der Waals surface area contributed by atoms with E-state index >= 15 is 4.79 Å². The van der Waals surface area contributed by atoms with Gasteiger partial charge in [-0.1, -0.05) is 85.8 Å². The van der Waals surface area contributed by atoms with Gasteiger partial charge in [-0.15, -0.1) is 0 Å². The Labute approximate surface area is 314 Å². The molecular formula is C45H43N3O6. The number of aliphatic hydroxyl groups excluding tert-OH is 1. The number of anilines is 3. The maximum atomic E-state index is 15.0. The second-order valence-electron chi connectivity index (χ2n) is 15.8. The number of carbonyl (C=O) groups is 3. The molecule has 3 amide bonds. The lowest BCUT2D eigenvalue weighted by atomic mass is 9.70. The first-order chi connectivity index (χ1) is 26.0. The second kappa shape index (κ2) is 12.6. The summed E-state index contributed by atoms with van der Waals surface area (Å²) in [6.45, 7) is 5.81. The van der Waals surface area contributed by atoms with Crippen molar-refractivity contribution in [3.8, 4) is 0 Å². The lowest BCUT2D eigenvalue weighted by Crippen LogP contribution is -2.48. The zero-order chi connectivity index (χ0) is 37.5. The van der Waals surface area contributed by atoms with Crippen molar-refractivity contribution in [3.63, 3.8) is 0 Å². The number of ether oxygens (including phenoxy) is 1. The standard InChI is InChI=1S/C45H43N3O6/c1-27-41(44(2,3)53)38(23-39(50)46-25-31-13-5-4-12-30(31)22-33(46)26-49)54-45(27)35-18-6-7-19-36(35)47(43(45)52)24-28-11-8-16-32(21-28)48-37-20-10-15-29-14-9-17-34(40(29)37)42(48)51/h4-21,27,33,38,41,49,53H,22-26H2,1-3H3/t27-,33+,38+,41-,45+/m1/s1. The normalized spacial score (nSPS) is 24.5. The van der Waals surface area contributed by atoms with Crippen molar-refractivity contribution in [2.75, 3.05) is 16.4 Å². The van der Waals surface area contributed by atoms with Gasteiger partial charge in [0.15, 0.2) is 5.60 Å². The van der Waals surface area contributed by atoms with Crippen molar-refractivity contribution in [1.29, 1.82) is 0 Å². The molecule has 9 nitrogen and oxygen atoms in total. The van der Waals surface area contributed by atoms with Crippen LogP contribution < -0.4 is 9.80 Å². The van der Waals surface area contributed by atoms with Crippen LogP contribution in [0.5, 0.6) is 0 Å². The highest BCUT2D eigenvalue weighted by atomic mass is 16.5. The maximum absolute atomic E-state index is 15.0. The fourth-order valence-corrected chi connectivity index (χ4v) is 9.87. The minimum atomic E-state index is -1.43. The summed E-state index contributed by atoms with van der Waals surface area (Å²) in [6, 6.07) is 34.6. The molecule has 4 aliphatic heterocycles. The quantitative estimate of drug-likeness (QED) is 0.195. The predicted molar refractivity (Wildman–Crippen MR) is 206 cm³/mol. The summed E-state index contributed by atoms with van der Waals surface area (Å²) in [7, 11) is 0. The predicted octanol–water partition coefficient (Wildman–Crippen LogP) is 6.63. The zero-order valence-electron chi connectivity index (χ0n) is 30.6. The van der Waals surface area contributed by atoms with Gasteiger partial charge in [0.2, 0.25) is 5.91 Å². The number of hydrogen-bond acceptors (Lipinski definition) is 6. The molecule has 1 saturated heterocycles. The minimum absolute atomic E-state index is 0.0457. The number of amides is 3. The first kappa shape index (κ1) is 34.4. The topological polar surface area (TPSA) is 111 Å². The van der Waals surface area contributed by atoms with E-state index in [9.17, 15) is 19.8 Å². The molecule has 9 heteroatoms. The SMILES string of the molecule is C[C@@H]1[C@@H](C(C)(C)O)[C@H](CC(=O)N2Cc3ccccc3C[C@H]2CO)O[C@@]12C(=O)N(Cc1cccc(N3C(=O)c4cccc5cccc3c45)c1)c1ccccc12. The molecule has 5 aromatic carbocycles. The lowest BCUT2D eigenvalue weighted by molar-refractivity contribution is -0.151. The molecule has 5 aromatic rings. The first-order valence-electron chi connectivity index (χ1n) is 18.7. The number of hydrogen-bond donors (Lipinski definition) is 2. The molecule has 0 aliphatic carbocycles. The Balaban J connectivity index is 1.03. The van der Waals surface area contributed by atoms with Gasteiger partial charge in [0.05, 0.1) is 54.3 Å². The van der Waals surface area contributed by atoms with Crippen LogP contribution in [0.25, 0.3) is 10.8 Å². The molecule has 4 heterocycles. The van der Waals surface area contributed by atoms with Crippen molar-refractivity contribution < 1.29 is 29.3 Å². The summed E-state index contributed by atoms with van der Waals surface area (Å²) in [6.07, 6.45) is -0.263. The number of fused-ring (bicyclic) bond motifs is 3. The number of benzene rings is 5. The molecule has 0 saturated carbocycles. The highest BCUT2D eigenvalue weighted by Gasteiger charge is 2.66. The summed E-state index contributed by atoms with van der Waals surface area (Å²) >= 11 is 0. The molecule has 2 N–H and O–H groups in total. The average Bonchev–Trinajstić information content (AvgIpc) is 3.72. The van der Waals surface area contributed by atoms with Crippen molar-refractivity contribution >= 4 is 45.6 Å². The average molecular weight is 722 g/mol. The van der Waals surface area contributed by atoms with Gasteiger partial charge >= 0.3 is 0 Å². The van der Waals surface area contributed by atoms with Crippen LogP contribution in [-0.2, 0) is 39.4 Å².